The van der Waals surface area contributed by atoms with Crippen LogP contribution in [0.25, 0.3) is 0 Å². The normalized spacial score (nSPS) is 19.9. The lowest BCUT2D eigenvalue weighted by Gasteiger charge is -2.31. The van der Waals surface area contributed by atoms with Crippen molar-refractivity contribution in [2.24, 2.45) is 0 Å². The average molecular weight is 428 g/mol. The first-order valence-corrected chi connectivity index (χ1v) is 11.6. The van der Waals surface area contributed by atoms with Crippen LogP contribution < -0.4 is 0 Å². The standard InChI is InChI=1S/C22H45N5O3/c1-6-24-11-9-13-26(19-21(28)23(4)5)17-18-27(20-22(29)30-8-3)14-10-12-25(7-2)16-15-24/h6-20H2,1-5H3. The fourth-order valence-electron chi connectivity index (χ4n) is 3.72. The lowest BCUT2D eigenvalue weighted by molar-refractivity contribution is -0.144. The minimum atomic E-state index is -0.166. The lowest BCUT2D eigenvalue weighted by Crippen LogP contribution is -2.44. The predicted octanol–water partition coefficient (Wildman–Crippen LogP) is 0.679. The summed E-state index contributed by atoms with van der Waals surface area (Å²) in [5.74, 6) is -0.0422. The first kappa shape index (κ1) is 26.8. The van der Waals surface area contributed by atoms with Crippen LogP contribution in [0.4, 0.5) is 0 Å². The summed E-state index contributed by atoms with van der Waals surface area (Å²) in [5, 5.41) is 0. The Morgan fingerprint density at radius 2 is 1.13 bits per heavy atom. The molecule has 0 aromatic heterocycles. The molecule has 30 heavy (non-hydrogen) atoms. The van der Waals surface area contributed by atoms with Crippen molar-refractivity contribution in [2.75, 3.05) is 99.2 Å². The zero-order valence-corrected chi connectivity index (χ0v) is 20.1. The van der Waals surface area contributed by atoms with E-state index in [-0.39, 0.29) is 11.9 Å². The Balaban J connectivity index is 2.82. The highest BCUT2D eigenvalue weighted by molar-refractivity contribution is 5.77. The smallest absolute Gasteiger partial charge is 0.320 e. The Hall–Kier alpha value is -1.22. The molecule has 1 rings (SSSR count). The van der Waals surface area contributed by atoms with Crippen LogP contribution in [0.3, 0.4) is 0 Å². The van der Waals surface area contributed by atoms with E-state index < -0.39 is 0 Å². The number of nitrogens with zero attached hydrogens (tertiary/aromatic N) is 5. The molecule has 1 amide bonds. The second-order valence-electron chi connectivity index (χ2n) is 8.22. The highest BCUT2D eigenvalue weighted by atomic mass is 16.5. The molecular formula is C22H45N5O3. The van der Waals surface area contributed by atoms with Gasteiger partial charge in [-0.15, -0.1) is 0 Å². The number of rotatable bonds is 7. The second-order valence-corrected chi connectivity index (χ2v) is 8.22. The van der Waals surface area contributed by atoms with Gasteiger partial charge in [0.1, 0.15) is 0 Å². The fourth-order valence-corrected chi connectivity index (χ4v) is 3.72. The monoisotopic (exact) mass is 427 g/mol. The molecule has 0 aromatic carbocycles. The van der Waals surface area contributed by atoms with Gasteiger partial charge in [-0.2, -0.15) is 0 Å². The second kappa shape index (κ2) is 15.6. The van der Waals surface area contributed by atoms with E-state index in [1.807, 2.05) is 6.92 Å². The highest BCUT2D eigenvalue weighted by Crippen LogP contribution is 2.03. The summed E-state index contributed by atoms with van der Waals surface area (Å²) in [7, 11) is 3.61. The molecule has 8 nitrogen and oxygen atoms in total. The van der Waals surface area contributed by atoms with Crippen molar-refractivity contribution in [3.63, 3.8) is 0 Å². The van der Waals surface area contributed by atoms with Crippen LogP contribution in [0.1, 0.15) is 33.6 Å². The molecule has 176 valence electrons. The van der Waals surface area contributed by atoms with E-state index in [9.17, 15) is 9.59 Å². The van der Waals surface area contributed by atoms with Gasteiger partial charge in [-0.25, -0.2) is 0 Å². The number of hydrogen-bond acceptors (Lipinski definition) is 7. The third kappa shape index (κ3) is 11.2. The number of hydrogen-bond donors (Lipinski definition) is 0. The van der Waals surface area contributed by atoms with Gasteiger partial charge in [-0.05, 0) is 52.5 Å². The summed E-state index contributed by atoms with van der Waals surface area (Å²) in [4.78, 5) is 35.4. The van der Waals surface area contributed by atoms with Crippen LogP contribution in [0.2, 0.25) is 0 Å². The SMILES string of the molecule is CCOC(=O)CN1CCCN(CC)CCN(CC)CCCN(CC(=O)N(C)C)CC1. The van der Waals surface area contributed by atoms with Gasteiger partial charge in [0.2, 0.25) is 5.91 Å². The Morgan fingerprint density at radius 1 is 0.700 bits per heavy atom. The molecule has 0 spiro atoms. The van der Waals surface area contributed by atoms with Gasteiger partial charge < -0.3 is 19.4 Å². The molecular weight excluding hydrogens is 382 g/mol. The molecule has 1 saturated heterocycles. The Kier molecular flexibility index (Phi) is 13.9. The van der Waals surface area contributed by atoms with Crippen molar-refractivity contribution in [1.82, 2.24) is 24.5 Å². The van der Waals surface area contributed by atoms with E-state index in [0.717, 1.165) is 78.3 Å². The van der Waals surface area contributed by atoms with Gasteiger partial charge in [0.25, 0.3) is 0 Å². The third-order valence-electron chi connectivity index (χ3n) is 5.77. The largest absolute Gasteiger partial charge is 0.465 e. The Labute approximate surface area is 184 Å². The number of esters is 1. The number of carbonyl (C=O) groups is 2. The maximum absolute atomic E-state index is 12.3. The summed E-state index contributed by atoms with van der Waals surface area (Å²) in [6, 6.07) is 0. The quantitative estimate of drug-likeness (QED) is 0.554. The van der Waals surface area contributed by atoms with Crippen molar-refractivity contribution < 1.29 is 14.3 Å². The van der Waals surface area contributed by atoms with Crippen molar-refractivity contribution in [1.29, 1.82) is 0 Å². The summed E-state index contributed by atoms with van der Waals surface area (Å²) in [6.07, 6.45) is 2.06. The minimum Gasteiger partial charge on any atom is -0.465 e. The first-order valence-electron chi connectivity index (χ1n) is 11.6. The van der Waals surface area contributed by atoms with Gasteiger partial charge in [-0.1, -0.05) is 13.8 Å². The van der Waals surface area contributed by atoms with Crippen molar-refractivity contribution in [3.8, 4) is 0 Å². The number of amides is 1. The molecule has 0 N–H and O–H groups in total. The number of ether oxygens (including phenoxy) is 1. The minimum absolute atomic E-state index is 0.124. The zero-order chi connectivity index (χ0) is 22.4. The Morgan fingerprint density at radius 3 is 1.57 bits per heavy atom. The van der Waals surface area contributed by atoms with Crippen LogP contribution >= 0.6 is 0 Å². The molecule has 0 aromatic rings. The van der Waals surface area contributed by atoms with Crippen molar-refractivity contribution >= 4 is 11.9 Å². The maximum atomic E-state index is 12.3. The molecule has 1 heterocycles. The zero-order valence-electron chi connectivity index (χ0n) is 20.1. The van der Waals surface area contributed by atoms with Gasteiger partial charge in [0.05, 0.1) is 19.7 Å². The molecule has 1 fully saturated rings. The van der Waals surface area contributed by atoms with E-state index in [1.54, 1.807) is 19.0 Å². The molecule has 0 radical (unpaired) electrons. The predicted molar refractivity (Wildman–Crippen MR) is 122 cm³/mol. The van der Waals surface area contributed by atoms with Gasteiger partial charge in [-0.3, -0.25) is 19.4 Å². The molecule has 0 atom stereocenters. The first-order chi connectivity index (χ1) is 14.4. The average Bonchev–Trinajstić information content (AvgIpc) is 2.71. The van der Waals surface area contributed by atoms with E-state index in [2.05, 4.69) is 33.4 Å². The molecule has 1 aliphatic heterocycles. The van der Waals surface area contributed by atoms with E-state index in [1.165, 1.54) is 0 Å². The van der Waals surface area contributed by atoms with Gasteiger partial charge >= 0.3 is 5.97 Å². The van der Waals surface area contributed by atoms with Gasteiger partial charge in [0.15, 0.2) is 0 Å². The highest BCUT2D eigenvalue weighted by Gasteiger charge is 2.18. The van der Waals surface area contributed by atoms with Crippen molar-refractivity contribution in [3.05, 3.63) is 0 Å². The van der Waals surface area contributed by atoms with Crippen LogP contribution in [-0.2, 0) is 14.3 Å². The maximum Gasteiger partial charge on any atom is 0.320 e. The molecule has 8 heteroatoms. The summed E-state index contributed by atoms with van der Waals surface area (Å²) < 4.78 is 5.17. The van der Waals surface area contributed by atoms with Crippen molar-refractivity contribution in [2.45, 2.75) is 33.6 Å². The van der Waals surface area contributed by atoms with Crippen LogP contribution in [-0.4, -0.2) is 136 Å². The Bertz CT molecular complexity index is 489. The van der Waals surface area contributed by atoms with E-state index in [0.29, 0.717) is 19.7 Å². The summed E-state index contributed by atoms with van der Waals surface area (Å²) >= 11 is 0. The number of carbonyl (C=O) groups excluding carboxylic acids is 2. The van der Waals surface area contributed by atoms with Crippen LogP contribution in [0, 0.1) is 0 Å². The van der Waals surface area contributed by atoms with Crippen LogP contribution in [0.15, 0.2) is 0 Å². The molecule has 0 saturated carbocycles. The van der Waals surface area contributed by atoms with Crippen LogP contribution in [0.5, 0.6) is 0 Å². The molecule has 0 aliphatic carbocycles. The fraction of sp³-hybridized carbons (Fsp3) is 0.909. The number of likely N-dealkylation sites (N-methyl/N-ethyl adjacent to an activating group) is 3. The third-order valence-corrected chi connectivity index (χ3v) is 5.77. The van der Waals surface area contributed by atoms with E-state index in [4.69, 9.17) is 4.74 Å². The topological polar surface area (TPSA) is 59.6 Å². The molecule has 1 aliphatic rings. The summed E-state index contributed by atoms with van der Waals surface area (Å²) in [6.45, 7) is 17.1. The molecule has 0 bridgehead atoms. The lowest BCUT2D eigenvalue weighted by atomic mass is 10.2. The van der Waals surface area contributed by atoms with Gasteiger partial charge in [0, 0.05) is 46.8 Å². The summed E-state index contributed by atoms with van der Waals surface area (Å²) in [5.41, 5.74) is 0. The molecule has 0 unspecified atom stereocenters. The van der Waals surface area contributed by atoms with E-state index >= 15 is 0 Å².